The lowest BCUT2D eigenvalue weighted by atomic mass is 10.1. The maximum absolute atomic E-state index is 13.2. The van der Waals surface area contributed by atoms with Gasteiger partial charge in [0.1, 0.15) is 6.17 Å². The molecule has 4 rings (SSSR count). The lowest BCUT2D eigenvalue weighted by Crippen LogP contribution is -2.30. The van der Waals surface area contributed by atoms with Gasteiger partial charge in [0, 0.05) is 24.2 Å². The van der Waals surface area contributed by atoms with Gasteiger partial charge in [-0.25, -0.2) is 5.01 Å². The second-order valence-corrected chi connectivity index (χ2v) is 8.07. The number of rotatable bonds is 8. The maximum Gasteiger partial charge on any atom is 0.269 e. The molecule has 0 unspecified atom stereocenters. The molecule has 9 nitrogen and oxygen atoms in total. The number of para-hydroxylation sites is 1. The van der Waals surface area contributed by atoms with E-state index in [1.54, 1.807) is 39.3 Å². The van der Waals surface area contributed by atoms with Gasteiger partial charge in [0.25, 0.3) is 11.6 Å². The zero-order valence-electron chi connectivity index (χ0n) is 19.7. The molecule has 0 aromatic heterocycles. The first-order chi connectivity index (χ1) is 16.9. The topological polar surface area (TPSA) is 97.5 Å². The van der Waals surface area contributed by atoms with Crippen molar-refractivity contribution < 1.29 is 19.2 Å². The number of benzene rings is 3. The van der Waals surface area contributed by atoms with Crippen molar-refractivity contribution in [3.8, 4) is 11.5 Å². The van der Waals surface area contributed by atoms with Crippen LogP contribution in [0.25, 0.3) is 0 Å². The second-order valence-electron chi connectivity index (χ2n) is 8.07. The van der Waals surface area contributed by atoms with Crippen LogP contribution in [0, 0.1) is 10.1 Å². The third-order valence-corrected chi connectivity index (χ3v) is 5.87. The molecule has 180 valence electrons. The molecule has 1 fully saturated rings. The predicted octanol–water partition coefficient (Wildman–Crippen LogP) is 4.38. The number of non-ortho nitro benzene ring substituents is 1. The first-order valence-corrected chi connectivity index (χ1v) is 11.0. The summed E-state index contributed by atoms with van der Waals surface area (Å²) in [5.41, 5.74) is 3.04. The number of hydrogen-bond donors (Lipinski definition) is 0. The van der Waals surface area contributed by atoms with Crippen LogP contribution in [0.3, 0.4) is 0 Å². The summed E-state index contributed by atoms with van der Waals surface area (Å²) in [7, 11) is 3.13. The van der Waals surface area contributed by atoms with Crippen molar-refractivity contribution >= 4 is 17.3 Å². The van der Waals surface area contributed by atoms with E-state index in [0.29, 0.717) is 29.3 Å². The highest BCUT2D eigenvalue weighted by molar-refractivity contribution is 5.99. The first-order valence-electron chi connectivity index (χ1n) is 11.0. The molecular formula is C26H26N4O5. The Kier molecular flexibility index (Phi) is 7.07. The quantitative estimate of drug-likeness (QED) is 0.273. The summed E-state index contributed by atoms with van der Waals surface area (Å²) in [6.45, 7) is 2.46. The van der Waals surface area contributed by atoms with Gasteiger partial charge in [0.2, 0.25) is 0 Å². The molecule has 1 amide bonds. The molecule has 0 radical (unpaired) electrons. The summed E-state index contributed by atoms with van der Waals surface area (Å²) in [5.74, 6) is 0.915. The van der Waals surface area contributed by atoms with Crippen LogP contribution in [-0.2, 0) is 11.3 Å². The molecule has 3 aromatic rings. The molecule has 0 spiro atoms. The molecule has 1 saturated heterocycles. The highest BCUT2D eigenvalue weighted by Crippen LogP contribution is 2.41. The van der Waals surface area contributed by atoms with Gasteiger partial charge in [-0.3, -0.25) is 19.8 Å². The Labute approximate surface area is 203 Å². The third kappa shape index (κ3) is 4.99. The summed E-state index contributed by atoms with van der Waals surface area (Å²) in [6, 6.07) is 21.5. The van der Waals surface area contributed by atoms with E-state index in [4.69, 9.17) is 9.47 Å². The van der Waals surface area contributed by atoms with Crippen molar-refractivity contribution in [3.63, 3.8) is 0 Å². The van der Waals surface area contributed by atoms with E-state index < -0.39 is 11.1 Å². The van der Waals surface area contributed by atoms with E-state index in [0.717, 1.165) is 11.1 Å². The molecule has 35 heavy (non-hydrogen) atoms. The summed E-state index contributed by atoms with van der Waals surface area (Å²) >= 11 is 0. The maximum atomic E-state index is 13.2. The predicted molar refractivity (Wildman–Crippen MR) is 131 cm³/mol. The second kappa shape index (κ2) is 10.4. The smallest absolute Gasteiger partial charge is 0.269 e. The fraction of sp³-hybridized carbons (Fsp3) is 0.231. The van der Waals surface area contributed by atoms with Gasteiger partial charge in [-0.2, -0.15) is 5.10 Å². The number of nitro benzene ring substituents is 1. The normalized spacial score (nSPS) is 16.4. The largest absolute Gasteiger partial charge is 0.493 e. The molecule has 1 aliphatic heterocycles. The van der Waals surface area contributed by atoms with Crippen LogP contribution in [0.5, 0.6) is 11.5 Å². The highest BCUT2D eigenvalue weighted by atomic mass is 16.6. The van der Waals surface area contributed by atoms with E-state index in [1.807, 2.05) is 47.4 Å². The molecule has 3 aromatic carbocycles. The van der Waals surface area contributed by atoms with E-state index in [9.17, 15) is 14.9 Å². The minimum Gasteiger partial charge on any atom is -0.493 e. The van der Waals surface area contributed by atoms with Crippen molar-refractivity contribution in [3.05, 3.63) is 99.6 Å². The summed E-state index contributed by atoms with van der Waals surface area (Å²) in [4.78, 5) is 25.8. The van der Waals surface area contributed by atoms with Crippen LogP contribution in [0.1, 0.15) is 29.8 Å². The highest BCUT2D eigenvalue weighted by Gasteiger charge is 2.41. The lowest BCUT2D eigenvalue weighted by molar-refractivity contribution is -0.384. The van der Waals surface area contributed by atoms with Crippen LogP contribution in [0.2, 0.25) is 0 Å². The van der Waals surface area contributed by atoms with Crippen LogP contribution < -0.4 is 9.47 Å². The SMILES string of the molecule is COc1cccc([C@@H]2N(Cc3ccccc3)CC(=O)N2/N=C(/C)c2ccc([N+](=O)[O-])cc2)c1OC. The minimum absolute atomic E-state index is 0.00757. The summed E-state index contributed by atoms with van der Waals surface area (Å²) < 4.78 is 11.2. The molecule has 1 aliphatic rings. The van der Waals surface area contributed by atoms with Crippen molar-refractivity contribution in [2.75, 3.05) is 20.8 Å². The van der Waals surface area contributed by atoms with Crippen molar-refractivity contribution in [2.24, 2.45) is 5.10 Å². The number of amides is 1. The van der Waals surface area contributed by atoms with E-state index in [2.05, 4.69) is 5.10 Å². The van der Waals surface area contributed by atoms with E-state index >= 15 is 0 Å². The fourth-order valence-corrected chi connectivity index (χ4v) is 4.18. The number of hydrazone groups is 1. The van der Waals surface area contributed by atoms with Gasteiger partial charge < -0.3 is 9.47 Å². The Hall–Kier alpha value is -4.24. The molecule has 9 heteroatoms. The molecule has 0 N–H and O–H groups in total. The Morgan fingerprint density at radius 2 is 1.74 bits per heavy atom. The number of carbonyl (C=O) groups excluding carboxylic acids is 1. The number of nitro groups is 1. The number of nitrogens with zero attached hydrogens (tertiary/aromatic N) is 4. The third-order valence-electron chi connectivity index (χ3n) is 5.87. The average Bonchev–Trinajstić information content (AvgIpc) is 3.17. The Balaban J connectivity index is 1.76. The lowest BCUT2D eigenvalue weighted by Gasteiger charge is -2.29. The van der Waals surface area contributed by atoms with Crippen molar-refractivity contribution in [1.29, 1.82) is 0 Å². The number of ether oxygens (including phenoxy) is 2. The fourth-order valence-electron chi connectivity index (χ4n) is 4.18. The van der Waals surface area contributed by atoms with Gasteiger partial charge in [-0.1, -0.05) is 42.5 Å². The summed E-state index contributed by atoms with van der Waals surface area (Å²) in [5, 5.41) is 17.1. The standard InChI is InChI=1S/C26H26N4O5/c1-18(20-12-14-21(15-13-20)30(32)33)27-29-24(31)17-28(16-19-8-5-4-6-9-19)26(29)22-10-7-11-23(34-2)25(22)35-3/h4-15,26H,16-17H2,1-3H3/b27-18-/t26-/m1/s1. The zero-order valence-corrected chi connectivity index (χ0v) is 19.7. The van der Waals surface area contributed by atoms with Gasteiger partial charge in [0.05, 0.1) is 31.4 Å². The Bertz CT molecular complexity index is 1240. The molecule has 0 bridgehead atoms. The first kappa shape index (κ1) is 23.9. The van der Waals surface area contributed by atoms with Gasteiger partial charge >= 0.3 is 0 Å². The molecule has 0 saturated carbocycles. The molecule has 1 heterocycles. The summed E-state index contributed by atoms with van der Waals surface area (Å²) in [6.07, 6.45) is -0.541. The zero-order chi connectivity index (χ0) is 24.9. The molecule has 1 atom stereocenters. The van der Waals surface area contributed by atoms with Gasteiger partial charge in [-0.05, 0) is 36.2 Å². The number of carbonyl (C=O) groups is 1. The van der Waals surface area contributed by atoms with Crippen LogP contribution in [0.15, 0.2) is 77.9 Å². The van der Waals surface area contributed by atoms with Gasteiger partial charge in [0.15, 0.2) is 11.5 Å². The van der Waals surface area contributed by atoms with Gasteiger partial charge in [-0.15, -0.1) is 0 Å². The number of hydrogen-bond acceptors (Lipinski definition) is 7. The molecular weight excluding hydrogens is 448 g/mol. The van der Waals surface area contributed by atoms with Crippen molar-refractivity contribution in [1.82, 2.24) is 9.91 Å². The van der Waals surface area contributed by atoms with E-state index in [1.165, 1.54) is 17.1 Å². The van der Waals surface area contributed by atoms with Crippen molar-refractivity contribution in [2.45, 2.75) is 19.6 Å². The minimum atomic E-state index is -0.541. The van der Waals surface area contributed by atoms with Crippen LogP contribution in [0.4, 0.5) is 5.69 Å². The van der Waals surface area contributed by atoms with Crippen LogP contribution in [-0.4, -0.2) is 47.2 Å². The Morgan fingerprint density at radius 3 is 2.37 bits per heavy atom. The monoisotopic (exact) mass is 474 g/mol. The molecule has 0 aliphatic carbocycles. The Morgan fingerprint density at radius 1 is 1.03 bits per heavy atom. The average molecular weight is 475 g/mol. The number of methoxy groups -OCH3 is 2. The van der Waals surface area contributed by atoms with Crippen LogP contribution >= 0.6 is 0 Å². The van der Waals surface area contributed by atoms with E-state index in [-0.39, 0.29) is 18.1 Å².